The Hall–Kier alpha value is -3.02. The maximum absolute atomic E-state index is 12.1. The van der Waals surface area contributed by atoms with Crippen molar-refractivity contribution in [3.63, 3.8) is 0 Å². The Morgan fingerprint density at radius 1 is 0.917 bits per heavy atom. The van der Waals surface area contributed by atoms with Crippen LogP contribution >= 0.6 is 0 Å². The second-order valence-corrected chi connectivity index (χ2v) is 5.33. The highest BCUT2D eigenvalue weighted by atomic mass is 16.5. The van der Waals surface area contributed by atoms with Crippen molar-refractivity contribution in [3.05, 3.63) is 59.4 Å². The van der Waals surface area contributed by atoms with Crippen molar-refractivity contribution >= 4 is 17.7 Å². The van der Waals surface area contributed by atoms with Gasteiger partial charge in [-0.1, -0.05) is 6.07 Å². The van der Waals surface area contributed by atoms with Crippen LogP contribution in [-0.2, 0) is 4.74 Å². The molecule has 0 aliphatic carbocycles. The van der Waals surface area contributed by atoms with E-state index in [0.29, 0.717) is 5.56 Å². The van der Waals surface area contributed by atoms with Crippen LogP contribution in [0.3, 0.4) is 0 Å². The molecule has 0 bridgehead atoms. The number of hydrogen-bond acceptors (Lipinski definition) is 6. The van der Waals surface area contributed by atoms with Gasteiger partial charge in [-0.15, -0.1) is 0 Å². The molecule has 124 valence electrons. The van der Waals surface area contributed by atoms with Crippen LogP contribution in [0.4, 0.5) is 0 Å². The molecule has 0 atom stereocenters. The first-order valence-corrected chi connectivity index (χ1v) is 7.38. The van der Waals surface area contributed by atoms with Crippen molar-refractivity contribution < 1.29 is 23.9 Å². The minimum atomic E-state index is -0.704. The van der Waals surface area contributed by atoms with Gasteiger partial charge in [0, 0.05) is 5.56 Å². The summed E-state index contributed by atoms with van der Waals surface area (Å²) in [5.74, 6) is -1.11. The molecule has 0 saturated carbocycles. The molecule has 0 saturated heterocycles. The highest BCUT2D eigenvalue weighted by molar-refractivity contribution is 5.94. The van der Waals surface area contributed by atoms with Gasteiger partial charge in [0.05, 0.1) is 6.10 Å². The van der Waals surface area contributed by atoms with E-state index in [-0.39, 0.29) is 29.0 Å². The number of Topliss-reactive ketones (excluding diaryl/α,β-unsaturated/α-hetero) is 1. The fourth-order valence-corrected chi connectivity index (χ4v) is 1.85. The molecule has 0 aliphatic heterocycles. The molecule has 1 aromatic carbocycles. The molecule has 0 N–H and O–H groups in total. The van der Waals surface area contributed by atoms with Crippen LogP contribution < -0.4 is 4.74 Å². The van der Waals surface area contributed by atoms with Crippen LogP contribution in [0.15, 0.2) is 42.5 Å². The second-order valence-electron chi connectivity index (χ2n) is 5.33. The number of ether oxygens (including phenoxy) is 2. The van der Waals surface area contributed by atoms with E-state index in [2.05, 4.69) is 4.98 Å². The molecule has 1 heterocycles. The maximum Gasteiger partial charge on any atom is 0.362 e. The Morgan fingerprint density at radius 2 is 1.50 bits per heavy atom. The third kappa shape index (κ3) is 4.49. The number of nitrogens with zero attached hydrogens (tertiary/aromatic N) is 1. The van der Waals surface area contributed by atoms with Crippen molar-refractivity contribution in [2.24, 2.45) is 0 Å². The third-order valence-electron chi connectivity index (χ3n) is 2.98. The summed E-state index contributed by atoms with van der Waals surface area (Å²) in [5.41, 5.74) is 0.542. The van der Waals surface area contributed by atoms with Gasteiger partial charge in [0.2, 0.25) is 0 Å². The number of aromatic nitrogens is 1. The molecule has 1 aromatic heterocycles. The van der Waals surface area contributed by atoms with Crippen LogP contribution in [0.2, 0.25) is 0 Å². The predicted molar refractivity (Wildman–Crippen MR) is 86.2 cm³/mol. The van der Waals surface area contributed by atoms with Gasteiger partial charge in [0.15, 0.2) is 5.78 Å². The van der Waals surface area contributed by atoms with E-state index in [1.165, 1.54) is 37.3 Å². The van der Waals surface area contributed by atoms with Crippen molar-refractivity contribution in [2.45, 2.75) is 26.9 Å². The molecule has 24 heavy (non-hydrogen) atoms. The minimum Gasteiger partial charge on any atom is -0.458 e. The van der Waals surface area contributed by atoms with E-state index in [9.17, 15) is 14.4 Å². The van der Waals surface area contributed by atoms with Crippen molar-refractivity contribution in [3.8, 4) is 5.75 Å². The zero-order chi connectivity index (χ0) is 17.7. The SMILES string of the molecule is CC(=O)c1ccc(OC(=O)c2cccc(C(=O)OC(C)C)n2)cc1. The lowest BCUT2D eigenvalue weighted by molar-refractivity contribution is 0.0370. The van der Waals surface area contributed by atoms with Crippen molar-refractivity contribution in [1.29, 1.82) is 0 Å². The third-order valence-corrected chi connectivity index (χ3v) is 2.98. The Bertz CT molecular complexity index is 765. The summed E-state index contributed by atoms with van der Waals surface area (Å²) in [6.45, 7) is 4.90. The highest BCUT2D eigenvalue weighted by Gasteiger charge is 2.16. The highest BCUT2D eigenvalue weighted by Crippen LogP contribution is 2.14. The molecule has 0 aliphatic rings. The van der Waals surface area contributed by atoms with Crippen LogP contribution in [0, 0.1) is 0 Å². The smallest absolute Gasteiger partial charge is 0.362 e. The fourth-order valence-electron chi connectivity index (χ4n) is 1.85. The van der Waals surface area contributed by atoms with Crippen LogP contribution in [0.25, 0.3) is 0 Å². The van der Waals surface area contributed by atoms with Gasteiger partial charge in [-0.3, -0.25) is 4.79 Å². The summed E-state index contributed by atoms with van der Waals surface area (Å²) >= 11 is 0. The van der Waals surface area contributed by atoms with E-state index in [1.807, 2.05) is 0 Å². The maximum atomic E-state index is 12.1. The largest absolute Gasteiger partial charge is 0.458 e. The van der Waals surface area contributed by atoms with E-state index in [1.54, 1.807) is 26.0 Å². The zero-order valence-corrected chi connectivity index (χ0v) is 13.6. The lowest BCUT2D eigenvalue weighted by atomic mass is 10.1. The lowest BCUT2D eigenvalue weighted by Crippen LogP contribution is -2.16. The number of pyridine rings is 1. The average molecular weight is 327 g/mol. The summed E-state index contributed by atoms with van der Waals surface area (Å²) in [6, 6.07) is 10.6. The monoisotopic (exact) mass is 327 g/mol. The molecule has 0 amide bonds. The molecule has 0 unspecified atom stereocenters. The van der Waals surface area contributed by atoms with Crippen molar-refractivity contribution in [1.82, 2.24) is 4.98 Å². The summed E-state index contributed by atoms with van der Waals surface area (Å²) in [6.07, 6.45) is -0.283. The second kappa shape index (κ2) is 7.50. The summed E-state index contributed by atoms with van der Waals surface area (Å²) < 4.78 is 10.2. The first-order valence-electron chi connectivity index (χ1n) is 7.38. The number of carbonyl (C=O) groups is 3. The normalized spacial score (nSPS) is 10.3. The standard InChI is InChI=1S/C18H17NO5/c1-11(2)23-17(21)15-5-4-6-16(19-15)18(22)24-14-9-7-13(8-10-14)12(3)20/h4-11H,1-3H3. The summed E-state index contributed by atoms with van der Waals surface area (Å²) in [4.78, 5) is 39.1. The number of rotatable bonds is 5. The van der Waals surface area contributed by atoms with E-state index in [0.717, 1.165) is 0 Å². The predicted octanol–water partition coefficient (Wildman–Crippen LogP) is 3.07. The van der Waals surface area contributed by atoms with Crippen LogP contribution in [-0.4, -0.2) is 28.8 Å². The quantitative estimate of drug-likeness (QED) is 0.477. The Labute approximate surface area is 139 Å². The fraction of sp³-hybridized carbons (Fsp3) is 0.222. The van der Waals surface area contributed by atoms with E-state index < -0.39 is 11.9 Å². The van der Waals surface area contributed by atoms with Crippen LogP contribution in [0.1, 0.15) is 52.1 Å². The van der Waals surface area contributed by atoms with Gasteiger partial charge in [-0.25, -0.2) is 14.6 Å². The Balaban J connectivity index is 2.12. The molecule has 6 heteroatoms. The van der Waals surface area contributed by atoms with Crippen LogP contribution in [0.5, 0.6) is 5.75 Å². The minimum absolute atomic E-state index is 0.0103. The molecule has 0 spiro atoms. The van der Waals surface area contributed by atoms with Gasteiger partial charge in [-0.05, 0) is 57.2 Å². The molecule has 2 rings (SSSR count). The lowest BCUT2D eigenvalue weighted by Gasteiger charge is -2.08. The Morgan fingerprint density at radius 3 is 2.04 bits per heavy atom. The van der Waals surface area contributed by atoms with Gasteiger partial charge >= 0.3 is 11.9 Å². The first-order chi connectivity index (χ1) is 11.4. The van der Waals surface area contributed by atoms with Gasteiger partial charge in [0.25, 0.3) is 0 Å². The molecular weight excluding hydrogens is 310 g/mol. The summed E-state index contributed by atoms with van der Waals surface area (Å²) in [5, 5.41) is 0. The van der Waals surface area contributed by atoms with E-state index >= 15 is 0 Å². The Kier molecular flexibility index (Phi) is 5.42. The molecule has 2 aromatic rings. The molecular formula is C18H17NO5. The number of esters is 2. The number of benzene rings is 1. The molecule has 0 radical (unpaired) electrons. The molecule has 6 nitrogen and oxygen atoms in total. The van der Waals surface area contributed by atoms with Gasteiger partial charge < -0.3 is 9.47 Å². The average Bonchev–Trinajstić information content (AvgIpc) is 2.54. The van der Waals surface area contributed by atoms with Crippen molar-refractivity contribution in [2.75, 3.05) is 0 Å². The number of hydrogen-bond donors (Lipinski definition) is 0. The van der Waals surface area contributed by atoms with Gasteiger partial charge in [0.1, 0.15) is 17.1 Å². The number of carbonyl (C=O) groups excluding carboxylic acids is 3. The first kappa shape index (κ1) is 17.3. The molecule has 0 fully saturated rings. The number of ketones is 1. The van der Waals surface area contributed by atoms with E-state index in [4.69, 9.17) is 9.47 Å². The summed E-state index contributed by atoms with van der Waals surface area (Å²) in [7, 11) is 0. The zero-order valence-electron chi connectivity index (χ0n) is 13.6. The van der Waals surface area contributed by atoms with Gasteiger partial charge in [-0.2, -0.15) is 0 Å². The topological polar surface area (TPSA) is 82.6 Å².